The maximum Gasteiger partial charge on any atom is 0.167 e. The van der Waals surface area contributed by atoms with Crippen molar-refractivity contribution in [3.63, 3.8) is 0 Å². The van der Waals surface area contributed by atoms with Crippen LogP contribution in [0.1, 0.15) is 39.6 Å². The van der Waals surface area contributed by atoms with Crippen molar-refractivity contribution >= 4 is 11.5 Å². The molecule has 0 spiro atoms. The van der Waals surface area contributed by atoms with Gasteiger partial charge in [0.25, 0.3) is 0 Å². The second kappa shape index (κ2) is 5.70. The van der Waals surface area contributed by atoms with Crippen molar-refractivity contribution in [3.8, 4) is 0 Å². The molecule has 1 unspecified atom stereocenters. The lowest BCUT2D eigenvalue weighted by Crippen LogP contribution is -2.19. The van der Waals surface area contributed by atoms with E-state index in [-0.39, 0.29) is 11.9 Å². The summed E-state index contributed by atoms with van der Waals surface area (Å²) in [7, 11) is 0. The molecule has 1 aliphatic rings. The predicted octanol–water partition coefficient (Wildman–Crippen LogP) is 3.46. The van der Waals surface area contributed by atoms with Crippen LogP contribution in [0.5, 0.6) is 0 Å². The molecule has 3 heteroatoms. The van der Waals surface area contributed by atoms with E-state index < -0.39 is 0 Å². The van der Waals surface area contributed by atoms with Gasteiger partial charge in [0.2, 0.25) is 0 Å². The summed E-state index contributed by atoms with van der Waals surface area (Å²) in [5, 5.41) is 0. The van der Waals surface area contributed by atoms with Gasteiger partial charge in [0, 0.05) is 17.7 Å². The summed E-state index contributed by atoms with van der Waals surface area (Å²) in [5.41, 5.74) is 10.5. The summed E-state index contributed by atoms with van der Waals surface area (Å²) in [6.07, 6.45) is 1.08. The molecule has 2 aromatic carbocycles. The number of nitrogens with two attached hydrogens (primary N) is 1. The van der Waals surface area contributed by atoms with Crippen molar-refractivity contribution in [2.24, 2.45) is 0 Å². The van der Waals surface area contributed by atoms with Gasteiger partial charge >= 0.3 is 0 Å². The fourth-order valence-electron chi connectivity index (χ4n) is 2.84. The van der Waals surface area contributed by atoms with Crippen molar-refractivity contribution < 1.29 is 9.53 Å². The number of rotatable bonds is 3. The van der Waals surface area contributed by atoms with Gasteiger partial charge in [-0.3, -0.25) is 4.79 Å². The van der Waals surface area contributed by atoms with E-state index >= 15 is 0 Å². The fraction of sp³-hybridized carbons (Fsp3) is 0.278. The van der Waals surface area contributed by atoms with E-state index in [1.54, 1.807) is 6.07 Å². The first-order valence-electron chi connectivity index (χ1n) is 7.24. The molecular weight excluding hydrogens is 262 g/mol. The molecule has 0 fully saturated rings. The molecule has 0 bridgehead atoms. The summed E-state index contributed by atoms with van der Waals surface area (Å²) < 4.78 is 5.81. The normalized spacial score (nSPS) is 17.3. The van der Waals surface area contributed by atoms with E-state index in [0.717, 1.165) is 17.5 Å². The Morgan fingerprint density at radius 3 is 2.95 bits per heavy atom. The van der Waals surface area contributed by atoms with Crippen LogP contribution in [-0.2, 0) is 11.2 Å². The van der Waals surface area contributed by atoms with Crippen LogP contribution in [0.2, 0.25) is 0 Å². The summed E-state index contributed by atoms with van der Waals surface area (Å²) in [6, 6.07) is 13.7. The quantitative estimate of drug-likeness (QED) is 0.692. The zero-order chi connectivity index (χ0) is 14.8. The molecule has 0 saturated heterocycles. The number of Topliss-reactive ketones (excluding diaryl/α,β-unsaturated/α-hetero) is 1. The molecule has 0 saturated carbocycles. The highest BCUT2D eigenvalue weighted by atomic mass is 16.5. The third-order valence-corrected chi connectivity index (χ3v) is 3.97. The smallest absolute Gasteiger partial charge is 0.167 e. The van der Waals surface area contributed by atoms with Gasteiger partial charge in [-0.05, 0) is 36.6 Å². The second-order valence-corrected chi connectivity index (χ2v) is 5.53. The lowest BCUT2D eigenvalue weighted by atomic mass is 9.92. The lowest BCUT2D eigenvalue weighted by molar-refractivity contribution is 0.0352. The van der Waals surface area contributed by atoms with E-state index in [4.69, 9.17) is 10.5 Å². The van der Waals surface area contributed by atoms with Gasteiger partial charge in [0.15, 0.2) is 5.78 Å². The Morgan fingerprint density at radius 2 is 2.10 bits per heavy atom. The standard InChI is InChI=1S/C18H19NO2/c1-12-6-7-16(19)15(10-12)17(20)11-18-14-5-3-2-4-13(14)8-9-21-18/h2-7,10,18H,8-9,11,19H2,1H3. The number of hydrogen-bond acceptors (Lipinski definition) is 3. The molecule has 2 aromatic rings. The number of benzene rings is 2. The highest BCUT2D eigenvalue weighted by Crippen LogP contribution is 2.31. The molecule has 3 nitrogen and oxygen atoms in total. The van der Waals surface area contributed by atoms with Crippen LogP contribution in [0.25, 0.3) is 0 Å². The van der Waals surface area contributed by atoms with Crippen LogP contribution in [-0.4, -0.2) is 12.4 Å². The van der Waals surface area contributed by atoms with Gasteiger partial charge in [-0.2, -0.15) is 0 Å². The highest BCUT2D eigenvalue weighted by molar-refractivity contribution is 6.01. The van der Waals surface area contributed by atoms with E-state index in [0.29, 0.717) is 24.3 Å². The number of nitrogen functional groups attached to an aromatic ring is 1. The Labute approximate surface area is 124 Å². The molecular formula is C18H19NO2. The zero-order valence-electron chi connectivity index (χ0n) is 12.1. The Bertz CT molecular complexity index is 679. The molecule has 1 atom stereocenters. The Morgan fingerprint density at radius 1 is 1.29 bits per heavy atom. The summed E-state index contributed by atoms with van der Waals surface area (Å²) >= 11 is 0. The Kier molecular flexibility index (Phi) is 3.76. The number of ether oxygens (including phenoxy) is 1. The Hall–Kier alpha value is -2.13. The number of hydrogen-bond donors (Lipinski definition) is 1. The van der Waals surface area contributed by atoms with Crippen molar-refractivity contribution in [3.05, 3.63) is 64.7 Å². The van der Waals surface area contributed by atoms with Gasteiger partial charge in [0.05, 0.1) is 12.7 Å². The molecule has 0 radical (unpaired) electrons. The van der Waals surface area contributed by atoms with Crippen LogP contribution in [0.3, 0.4) is 0 Å². The Balaban J connectivity index is 1.84. The van der Waals surface area contributed by atoms with Crippen molar-refractivity contribution in [1.29, 1.82) is 0 Å². The van der Waals surface area contributed by atoms with E-state index in [2.05, 4.69) is 6.07 Å². The number of carbonyl (C=O) groups excluding carboxylic acids is 1. The first kappa shape index (κ1) is 13.8. The van der Waals surface area contributed by atoms with E-state index in [9.17, 15) is 4.79 Å². The minimum absolute atomic E-state index is 0.0397. The van der Waals surface area contributed by atoms with Crippen LogP contribution in [0.15, 0.2) is 42.5 Å². The van der Waals surface area contributed by atoms with Gasteiger partial charge in [0.1, 0.15) is 0 Å². The van der Waals surface area contributed by atoms with Crippen LogP contribution < -0.4 is 5.73 Å². The van der Waals surface area contributed by atoms with Gasteiger partial charge in [-0.25, -0.2) is 0 Å². The maximum atomic E-state index is 12.5. The average molecular weight is 281 g/mol. The molecule has 108 valence electrons. The molecule has 2 N–H and O–H groups in total. The van der Waals surface area contributed by atoms with Crippen LogP contribution in [0.4, 0.5) is 5.69 Å². The number of carbonyl (C=O) groups is 1. The average Bonchev–Trinajstić information content (AvgIpc) is 2.50. The number of fused-ring (bicyclic) bond motifs is 1. The minimum Gasteiger partial charge on any atom is -0.398 e. The summed E-state index contributed by atoms with van der Waals surface area (Å²) in [4.78, 5) is 12.5. The van der Waals surface area contributed by atoms with E-state index in [1.165, 1.54) is 5.56 Å². The molecule has 1 aliphatic heterocycles. The first-order valence-corrected chi connectivity index (χ1v) is 7.24. The third-order valence-electron chi connectivity index (χ3n) is 3.97. The van der Waals surface area contributed by atoms with Crippen LogP contribution >= 0.6 is 0 Å². The highest BCUT2D eigenvalue weighted by Gasteiger charge is 2.24. The maximum absolute atomic E-state index is 12.5. The van der Waals surface area contributed by atoms with Gasteiger partial charge in [-0.15, -0.1) is 0 Å². The molecule has 0 aliphatic carbocycles. The van der Waals surface area contributed by atoms with Crippen molar-refractivity contribution in [2.75, 3.05) is 12.3 Å². The predicted molar refractivity (Wildman–Crippen MR) is 83.4 cm³/mol. The summed E-state index contributed by atoms with van der Waals surface area (Å²) in [6.45, 7) is 2.63. The molecule has 1 heterocycles. The fourth-order valence-corrected chi connectivity index (χ4v) is 2.84. The zero-order valence-corrected chi connectivity index (χ0v) is 12.1. The van der Waals surface area contributed by atoms with Gasteiger partial charge < -0.3 is 10.5 Å². The number of ketones is 1. The third kappa shape index (κ3) is 2.83. The molecule has 21 heavy (non-hydrogen) atoms. The van der Waals surface area contributed by atoms with Crippen LogP contribution in [0, 0.1) is 6.92 Å². The van der Waals surface area contributed by atoms with E-state index in [1.807, 2.05) is 37.3 Å². The van der Waals surface area contributed by atoms with Crippen molar-refractivity contribution in [1.82, 2.24) is 0 Å². The lowest BCUT2D eigenvalue weighted by Gasteiger charge is -2.25. The number of aryl methyl sites for hydroxylation is 1. The molecule has 0 aromatic heterocycles. The monoisotopic (exact) mass is 281 g/mol. The topological polar surface area (TPSA) is 52.3 Å². The second-order valence-electron chi connectivity index (χ2n) is 5.53. The molecule has 3 rings (SSSR count). The summed E-state index contributed by atoms with van der Waals surface area (Å²) in [5.74, 6) is 0.0397. The minimum atomic E-state index is -0.164. The van der Waals surface area contributed by atoms with Gasteiger partial charge in [-0.1, -0.05) is 35.9 Å². The number of anilines is 1. The van der Waals surface area contributed by atoms with Crippen molar-refractivity contribution in [2.45, 2.75) is 25.9 Å². The molecule has 0 amide bonds. The first-order chi connectivity index (χ1) is 10.1. The largest absolute Gasteiger partial charge is 0.398 e. The SMILES string of the molecule is Cc1ccc(N)c(C(=O)CC2OCCc3ccccc32)c1.